The van der Waals surface area contributed by atoms with Crippen molar-refractivity contribution in [2.45, 2.75) is 62.8 Å². The molecule has 0 bridgehead atoms. The lowest BCUT2D eigenvalue weighted by Crippen LogP contribution is -2.60. The van der Waals surface area contributed by atoms with Gasteiger partial charge in [-0.25, -0.2) is 26.9 Å². The average Bonchev–Trinajstić information content (AvgIpc) is 3.61. The first kappa shape index (κ1) is 27.0. The fourth-order valence-electron chi connectivity index (χ4n) is 4.55. The van der Waals surface area contributed by atoms with Crippen LogP contribution in [-0.2, 0) is 26.7 Å². The first-order valence-electron chi connectivity index (χ1n) is 11.6. The van der Waals surface area contributed by atoms with Crippen LogP contribution in [0.25, 0.3) is 0 Å². The highest BCUT2D eigenvalue weighted by molar-refractivity contribution is 7.91. The fourth-order valence-corrected chi connectivity index (χ4v) is 6.77. The fraction of sp³-hybridized carbons (Fsp3) is 0.440. The van der Waals surface area contributed by atoms with Gasteiger partial charge < -0.3 is 4.74 Å². The van der Waals surface area contributed by atoms with E-state index in [4.69, 9.17) is 16.3 Å². The van der Waals surface area contributed by atoms with Crippen molar-refractivity contribution >= 4 is 39.5 Å². The number of aromatic nitrogens is 1. The molecule has 2 aliphatic rings. The van der Waals surface area contributed by atoms with E-state index in [2.05, 4.69) is 15.3 Å². The third-order valence-corrected chi connectivity index (χ3v) is 9.53. The maximum Gasteiger partial charge on any atom is 0.414 e. The Morgan fingerprint density at radius 2 is 1.89 bits per heavy atom. The molecule has 1 amide bonds. The zero-order valence-corrected chi connectivity index (χ0v) is 22.7. The Bertz CT molecular complexity index is 1400. The first-order valence-corrected chi connectivity index (χ1v) is 13.4. The highest BCUT2D eigenvalue weighted by Gasteiger charge is 2.71. The van der Waals surface area contributed by atoms with E-state index in [1.165, 1.54) is 44.4 Å². The van der Waals surface area contributed by atoms with E-state index >= 15 is 4.39 Å². The molecule has 1 N–H and O–H groups in total. The molecule has 0 unspecified atom stereocenters. The second-order valence-corrected chi connectivity index (χ2v) is 13.1. The Hall–Kier alpha value is -3.05. The van der Waals surface area contributed by atoms with E-state index in [9.17, 15) is 18.0 Å². The smallest absolute Gasteiger partial charge is 0.414 e. The molecule has 0 radical (unpaired) electrons. The number of pyridine rings is 1. The zero-order valence-electron chi connectivity index (χ0n) is 21.1. The number of amides is 1. The minimum absolute atomic E-state index is 0.0135. The Morgan fingerprint density at radius 1 is 1.22 bits per heavy atom. The summed E-state index contributed by atoms with van der Waals surface area (Å²) in [5, 5.41) is 2.79. The number of Topliss-reactive ketones (excluding diaryl/α,β-unsaturated/α-hetero) is 1. The van der Waals surface area contributed by atoms with Gasteiger partial charge in [-0.3, -0.25) is 15.1 Å². The third kappa shape index (κ3) is 4.82. The van der Waals surface area contributed by atoms with Crippen LogP contribution in [0.4, 0.5) is 9.18 Å². The number of ether oxygens (including phenoxy) is 1. The minimum Gasteiger partial charge on any atom is -0.444 e. The van der Waals surface area contributed by atoms with Crippen molar-refractivity contribution in [1.29, 1.82) is 0 Å². The number of carbonyl (C=O) groups excluding carboxylic acids is 2. The molecular formula is C25H28ClFN4O5S. The van der Waals surface area contributed by atoms with Gasteiger partial charge in [0, 0.05) is 25.2 Å². The number of alkyl carbamates (subject to hydrolysis) is 1. The average molecular weight is 551 g/mol. The molecule has 1 atom stereocenters. The standard InChI is InChI=1S/C25H28ClFN4O5S/c1-23(2,3)36-22(33)29-21-30-24(4,25(10-11-25)37(34,35)31(21)5)17-12-15(6-8-18(17)27)13-20(32)19-9-7-16(26)14-28-19/h6-9,12,14H,10-11,13H2,1-5H3,(H,29,30,33)/t24-/m1/s1. The maximum atomic E-state index is 15.3. The number of hydrogen-bond acceptors (Lipinski definition) is 7. The number of sulfonamides is 1. The molecule has 12 heteroatoms. The van der Waals surface area contributed by atoms with Gasteiger partial charge >= 0.3 is 6.09 Å². The molecule has 1 fully saturated rings. The van der Waals surface area contributed by atoms with Crippen molar-refractivity contribution in [1.82, 2.24) is 14.6 Å². The van der Waals surface area contributed by atoms with Crippen LogP contribution in [0.5, 0.6) is 0 Å². The van der Waals surface area contributed by atoms with Gasteiger partial charge in [-0.05, 0) is 70.4 Å². The number of benzene rings is 1. The van der Waals surface area contributed by atoms with Crippen LogP contribution in [0.1, 0.15) is 62.2 Å². The molecule has 2 heterocycles. The molecule has 4 rings (SSSR count). The van der Waals surface area contributed by atoms with E-state index in [-0.39, 0.29) is 42.3 Å². The molecular weight excluding hydrogens is 523 g/mol. The molecule has 1 aliphatic heterocycles. The molecule has 1 aliphatic carbocycles. The normalized spacial score (nSPS) is 21.8. The lowest BCUT2D eigenvalue weighted by Gasteiger charge is -2.43. The summed E-state index contributed by atoms with van der Waals surface area (Å²) >= 11 is 5.84. The second kappa shape index (κ2) is 9.05. The minimum atomic E-state index is -4.05. The molecule has 1 spiro atoms. The van der Waals surface area contributed by atoms with Crippen molar-refractivity contribution in [3.63, 3.8) is 0 Å². The molecule has 2 aromatic rings. The maximum absolute atomic E-state index is 15.3. The number of hydrogen-bond donors (Lipinski definition) is 1. The van der Waals surface area contributed by atoms with Gasteiger partial charge in [0.15, 0.2) is 5.78 Å². The number of aliphatic imine (C=N–C) groups is 1. The van der Waals surface area contributed by atoms with Gasteiger partial charge in [-0.15, -0.1) is 0 Å². The Balaban J connectivity index is 1.75. The number of ketones is 1. The van der Waals surface area contributed by atoms with Gasteiger partial charge in [0.25, 0.3) is 0 Å². The number of guanidine groups is 1. The van der Waals surface area contributed by atoms with Crippen molar-refractivity contribution < 1.29 is 27.1 Å². The Labute approximate surface area is 220 Å². The largest absolute Gasteiger partial charge is 0.444 e. The van der Waals surface area contributed by atoms with Crippen LogP contribution in [0, 0.1) is 5.82 Å². The summed E-state index contributed by atoms with van der Waals surface area (Å²) < 4.78 is 47.3. The van der Waals surface area contributed by atoms with Crippen LogP contribution >= 0.6 is 11.6 Å². The van der Waals surface area contributed by atoms with Crippen LogP contribution in [0.3, 0.4) is 0 Å². The highest BCUT2D eigenvalue weighted by Crippen LogP contribution is 2.60. The molecule has 1 saturated carbocycles. The Kier molecular flexibility index (Phi) is 6.61. The van der Waals surface area contributed by atoms with Crippen LogP contribution in [-0.4, -0.2) is 52.9 Å². The van der Waals surface area contributed by atoms with Crippen LogP contribution < -0.4 is 5.32 Å². The monoisotopic (exact) mass is 550 g/mol. The second-order valence-electron chi connectivity index (χ2n) is 10.4. The van der Waals surface area contributed by atoms with Crippen LogP contribution in [0.15, 0.2) is 41.5 Å². The van der Waals surface area contributed by atoms with Gasteiger partial charge in [-0.2, -0.15) is 0 Å². The topological polar surface area (TPSA) is 118 Å². The number of rotatable bonds is 4. The third-order valence-electron chi connectivity index (χ3n) is 6.62. The summed E-state index contributed by atoms with van der Waals surface area (Å²) in [6.07, 6.45) is 0.898. The first-order chi connectivity index (χ1) is 17.1. The van der Waals surface area contributed by atoms with Crippen molar-refractivity contribution in [2.24, 2.45) is 4.99 Å². The zero-order chi connectivity index (χ0) is 27.4. The molecule has 37 heavy (non-hydrogen) atoms. The summed E-state index contributed by atoms with van der Waals surface area (Å²) in [6.45, 7) is 6.54. The number of nitrogens with zero attached hydrogens (tertiary/aromatic N) is 3. The molecule has 0 saturated heterocycles. The molecule has 9 nitrogen and oxygen atoms in total. The molecule has 1 aromatic heterocycles. The van der Waals surface area contributed by atoms with Crippen molar-refractivity contribution in [3.8, 4) is 0 Å². The van der Waals surface area contributed by atoms with Gasteiger partial charge in [0.1, 0.15) is 27.4 Å². The van der Waals surface area contributed by atoms with Gasteiger partial charge in [0.05, 0.1) is 5.02 Å². The molecule has 198 valence electrons. The summed E-state index contributed by atoms with van der Waals surface area (Å²) in [5.41, 5.74) is -1.74. The van der Waals surface area contributed by atoms with E-state index in [1.807, 2.05) is 0 Å². The van der Waals surface area contributed by atoms with Crippen molar-refractivity contribution in [3.05, 3.63) is 64.2 Å². The lowest BCUT2D eigenvalue weighted by molar-refractivity contribution is 0.0558. The van der Waals surface area contributed by atoms with Gasteiger partial charge in [0.2, 0.25) is 16.0 Å². The lowest BCUT2D eigenvalue weighted by atomic mass is 9.85. The van der Waals surface area contributed by atoms with E-state index in [0.29, 0.717) is 10.6 Å². The highest BCUT2D eigenvalue weighted by atomic mass is 35.5. The number of halogens is 2. The van der Waals surface area contributed by atoms with E-state index in [1.54, 1.807) is 26.8 Å². The summed E-state index contributed by atoms with van der Waals surface area (Å²) in [4.78, 5) is 33.8. The quantitative estimate of drug-likeness (QED) is 0.570. The predicted molar refractivity (Wildman–Crippen MR) is 136 cm³/mol. The number of carbonyl (C=O) groups is 2. The summed E-state index contributed by atoms with van der Waals surface area (Å²) in [5.74, 6) is -1.26. The summed E-state index contributed by atoms with van der Waals surface area (Å²) in [7, 11) is -2.76. The molecule has 1 aromatic carbocycles. The number of nitrogens with one attached hydrogen (secondary N) is 1. The van der Waals surface area contributed by atoms with Crippen molar-refractivity contribution in [2.75, 3.05) is 7.05 Å². The van der Waals surface area contributed by atoms with E-state index in [0.717, 1.165) is 4.31 Å². The predicted octanol–water partition coefficient (Wildman–Crippen LogP) is 4.20. The SMILES string of the molecule is CN1C(NC(=O)OC(C)(C)C)=N[C@](C)(c2cc(CC(=O)c3ccc(Cl)cn3)ccc2F)C2(CC2)S1(=O)=O. The van der Waals surface area contributed by atoms with Crippen LogP contribution in [0.2, 0.25) is 5.02 Å². The van der Waals surface area contributed by atoms with E-state index < -0.39 is 37.8 Å². The summed E-state index contributed by atoms with van der Waals surface area (Å²) in [6, 6.07) is 7.16. The Morgan fingerprint density at radius 3 is 2.46 bits per heavy atom. The van der Waals surface area contributed by atoms with Gasteiger partial charge in [-0.1, -0.05) is 17.7 Å².